The van der Waals surface area contributed by atoms with Crippen LogP contribution >= 0.6 is 23.2 Å². The van der Waals surface area contributed by atoms with Crippen LogP contribution in [0.3, 0.4) is 0 Å². The van der Waals surface area contributed by atoms with E-state index < -0.39 is 0 Å². The molecule has 0 saturated heterocycles. The van der Waals surface area contributed by atoms with E-state index in [1.807, 2.05) is 66.7 Å². The second-order valence-corrected chi connectivity index (χ2v) is 9.54. The van der Waals surface area contributed by atoms with Crippen molar-refractivity contribution < 1.29 is 19.2 Å². The summed E-state index contributed by atoms with van der Waals surface area (Å²) in [6, 6.07) is 27.6. The molecule has 4 aromatic carbocycles. The summed E-state index contributed by atoms with van der Waals surface area (Å²) in [5.74, 6) is -0.535. The van der Waals surface area contributed by atoms with Crippen LogP contribution in [0.2, 0.25) is 10.0 Å². The highest BCUT2D eigenvalue weighted by atomic mass is 35.5. The number of amides is 1. The van der Waals surface area contributed by atoms with Gasteiger partial charge >= 0.3 is 5.97 Å². The van der Waals surface area contributed by atoms with Crippen LogP contribution in [0, 0.1) is 0 Å². The van der Waals surface area contributed by atoms with Crippen molar-refractivity contribution in [2.75, 3.05) is 17.0 Å². The lowest BCUT2D eigenvalue weighted by Crippen LogP contribution is -2.35. The van der Waals surface area contributed by atoms with Crippen LogP contribution in [-0.2, 0) is 33.8 Å². The van der Waals surface area contributed by atoms with Crippen molar-refractivity contribution in [3.05, 3.63) is 123 Å². The van der Waals surface area contributed by atoms with E-state index >= 15 is 0 Å². The number of nitrogens with zero attached hydrogens (tertiary/aromatic N) is 1. The minimum Gasteiger partial charge on any atom is -0.465 e. The summed E-state index contributed by atoms with van der Waals surface area (Å²) in [6.45, 7) is 0.570. The fourth-order valence-corrected chi connectivity index (χ4v) is 4.68. The van der Waals surface area contributed by atoms with Gasteiger partial charge in [0.2, 0.25) is 0 Å². The number of carbonyl (C=O) groups is 2. The Morgan fingerprint density at radius 3 is 2.39 bits per heavy atom. The molecule has 192 valence electrons. The number of rotatable bonds is 8. The molecule has 1 heterocycles. The zero-order valence-corrected chi connectivity index (χ0v) is 21.8. The standard InChI is InChI=1S/C30H24Cl2N2O4/c31-25-9-5-10-26(32)29(25)33-27-11-4-2-6-21(27)18-28(35)37-17-16-20-12-14-23(15-13-20)34-30(36)24-8-3-1-7-22(24)19-38-34/h1-15,33H,16-19H2. The molecule has 0 unspecified atom stereocenters. The number of anilines is 3. The zero-order chi connectivity index (χ0) is 26.5. The van der Waals surface area contributed by atoms with Crippen molar-refractivity contribution >= 4 is 52.1 Å². The Morgan fingerprint density at radius 2 is 1.61 bits per heavy atom. The van der Waals surface area contributed by atoms with Gasteiger partial charge in [0.05, 0.1) is 34.4 Å². The van der Waals surface area contributed by atoms with Crippen LogP contribution in [0.25, 0.3) is 0 Å². The normalized spacial score (nSPS) is 12.7. The molecule has 0 spiro atoms. The number of ether oxygens (including phenoxy) is 1. The summed E-state index contributed by atoms with van der Waals surface area (Å²) >= 11 is 12.6. The molecule has 38 heavy (non-hydrogen) atoms. The molecule has 0 aliphatic carbocycles. The number of nitrogens with one attached hydrogen (secondary N) is 1. The molecule has 8 heteroatoms. The summed E-state index contributed by atoms with van der Waals surface area (Å²) in [7, 11) is 0. The quantitative estimate of drug-likeness (QED) is 0.237. The number of carbonyl (C=O) groups excluding carboxylic acids is 2. The molecule has 0 bridgehead atoms. The van der Waals surface area contributed by atoms with E-state index in [1.54, 1.807) is 24.3 Å². The third kappa shape index (κ3) is 5.83. The number of hydrogen-bond donors (Lipinski definition) is 1. The first-order chi connectivity index (χ1) is 18.5. The monoisotopic (exact) mass is 546 g/mol. The van der Waals surface area contributed by atoms with Gasteiger partial charge < -0.3 is 10.1 Å². The Morgan fingerprint density at radius 1 is 0.895 bits per heavy atom. The molecule has 1 aliphatic rings. The van der Waals surface area contributed by atoms with Crippen LogP contribution in [0.5, 0.6) is 0 Å². The first-order valence-electron chi connectivity index (χ1n) is 12.1. The van der Waals surface area contributed by atoms with Gasteiger partial charge in [0.1, 0.15) is 6.61 Å². The fraction of sp³-hybridized carbons (Fsp3) is 0.133. The van der Waals surface area contributed by atoms with Gasteiger partial charge in [-0.25, -0.2) is 0 Å². The van der Waals surface area contributed by atoms with Gasteiger partial charge in [-0.3, -0.25) is 14.4 Å². The highest BCUT2D eigenvalue weighted by Gasteiger charge is 2.26. The molecule has 0 fully saturated rings. The number of hydrogen-bond acceptors (Lipinski definition) is 5. The molecule has 0 radical (unpaired) electrons. The smallest absolute Gasteiger partial charge is 0.310 e. The Hall–Kier alpha value is -3.84. The SMILES string of the molecule is O=C(Cc1ccccc1Nc1c(Cl)cccc1Cl)OCCc1ccc(N2OCc3ccccc3C2=O)cc1. The molecule has 0 saturated carbocycles. The Kier molecular flexibility index (Phi) is 7.94. The molecular weight excluding hydrogens is 523 g/mol. The molecule has 4 aromatic rings. The van der Waals surface area contributed by atoms with Gasteiger partial charge in [0.15, 0.2) is 0 Å². The van der Waals surface area contributed by atoms with E-state index in [-0.39, 0.29) is 24.9 Å². The van der Waals surface area contributed by atoms with Gasteiger partial charge in [-0.2, -0.15) is 5.06 Å². The van der Waals surface area contributed by atoms with Crippen molar-refractivity contribution in [3.8, 4) is 0 Å². The first-order valence-corrected chi connectivity index (χ1v) is 12.8. The van der Waals surface area contributed by atoms with Crippen molar-refractivity contribution in [3.63, 3.8) is 0 Å². The van der Waals surface area contributed by atoms with Gasteiger partial charge in [-0.05, 0) is 53.1 Å². The number of halogens is 2. The lowest BCUT2D eigenvalue weighted by atomic mass is 10.1. The van der Waals surface area contributed by atoms with Crippen LogP contribution in [0.4, 0.5) is 17.1 Å². The lowest BCUT2D eigenvalue weighted by Gasteiger charge is -2.27. The molecule has 5 rings (SSSR count). The van der Waals surface area contributed by atoms with Gasteiger partial charge in [0, 0.05) is 17.7 Å². The molecule has 6 nitrogen and oxygen atoms in total. The van der Waals surface area contributed by atoms with Crippen molar-refractivity contribution in [1.29, 1.82) is 0 Å². The van der Waals surface area contributed by atoms with E-state index in [1.165, 1.54) is 5.06 Å². The van der Waals surface area contributed by atoms with Crippen molar-refractivity contribution in [1.82, 2.24) is 0 Å². The maximum atomic E-state index is 12.8. The summed E-state index contributed by atoms with van der Waals surface area (Å²) in [6.07, 6.45) is 0.638. The largest absolute Gasteiger partial charge is 0.465 e. The minimum absolute atomic E-state index is 0.0973. The van der Waals surface area contributed by atoms with Crippen LogP contribution in [-0.4, -0.2) is 18.5 Å². The number of esters is 1. The predicted octanol–water partition coefficient (Wildman–Crippen LogP) is 7.16. The average Bonchev–Trinajstić information content (AvgIpc) is 2.93. The number of hydroxylamine groups is 1. The second-order valence-electron chi connectivity index (χ2n) is 8.72. The number of para-hydroxylation sites is 2. The van der Waals surface area contributed by atoms with E-state index in [0.29, 0.717) is 40.0 Å². The lowest BCUT2D eigenvalue weighted by molar-refractivity contribution is -0.142. The van der Waals surface area contributed by atoms with E-state index in [4.69, 9.17) is 32.8 Å². The Bertz CT molecular complexity index is 1450. The van der Waals surface area contributed by atoms with Crippen LogP contribution < -0.4 is 10.4 Å². The Balaban J connectivity index is 1.15. The van der Waals surface area contributed by atoms with E-state index in [2.05, 4.69) is 5.32 Å². The molecule has 0 atom stereocenters. The molecule has 1 aliphatic heterocycles. The van der Waals surface area contributed by atoms with Gasteiger partial charge in [0.25, 0.3) is 5.91 Å². The summed E-state index contributed by atoms with van der Waals surface area (Å²) in [5, 5.41) is 5.52. The number of fused-ring (bicyclic) bond motifs is 1. The van der Waals surface area contributed by atoms with Crippen LogP contribution in [0.1, 0.15) is 27.0 Å². The topological polar surface area (TPSA) is 67.9 Å². The zero-order valence-electron chi connectivity index (χ0n) is 20.3. The maximum absolute atomic E-state index is 12.8. The Labute approximate surface area is 230 Å². The first kappa shape index (κ1) is 25.8. The van der Waals surface area contributed by atoms with Crippen LogP contribution in [0.15, 0.2) is 91.0 Å². The summed E-state index contributed by atoms with van der Waals surface area (Å²) in [4.78, 5) is 31.0. The predicted molar refractivity (Wildman–Crippen MR) is 149 cm³/mol. The fourth-order valence-electron chi connectivity index (χ4n) is 4.18. The summed E-state index contributed by atoms with van der Waals surface area (Å²) < 4.78 is 5.50. The van der Waals surface area contributed by atoms with Gasteiger partial charge in [-0.1, -0.05) is 77.8 Å². The third-order valence-corrected chi connectivity index (χ3v) is 6.81. The highest BCUT2D eigenvalue weighted by Crippen LogP contribution is 2.33. The highest BCUT2D eigenvalue weighted by molar-refractivity contribution is 6.39. The number of benzene rings is 4. The maximum Gasteiger partial charge on any atom is 0.310 e. The molecular formula is C30H24Cl2N2O4. The van der Waals surface area contributed by atoms with E-state index in [9.17, 15) is 9.59 Å². The second kappa shape index (κ2) is 11.7. The average molecular weight is 547 g/mol. The van der Waals surface area contributed by atoms with Gasteiger partial charge in [-0.15, -0.1) is 0 Å². The summed E-state index contributed by atoms with van der Waals surface area (Å²) in [5.41, 5.74) is 5.22. The molecule has 1 N–H and O–H groups in total. The molecule has 1 amide bonds. The minimum atomic E-state index is -0.341. The third-order valence-electron chi connectivity index (χ3n) is 6.18. The van der Waals surface area contributed by atoms with E-state index in [0.717, 1.165) is 22.4 Å². The molecule has 0 aromatic heterocycles. The van der Waals surface area contributed by atoms with Crippen molar-refractivity contribution in [2.24, 2.45) is 0 Å². The van der Waals surface area contributed by atoms with Crippen molar-refractivity contribution in [2.45, 2.75) is 19.4 Å².